The number of carbonyl (C=O) groups is 1. The third-order valence-corrected chi connectivity index (χ3v) is 1.69. The summed E-state index contributed by atoms with van der Waals surface area (Å²) in [6, 6.07) is 12.0. The summed E-state index contributed by atoms with van der Waals surface area (Å²) in [4.78, 5) is 10.3. The molecule has 1 saturated heterocycles. The van der Waals surface area contributed by atoms with Crippen molar-refractivity contribution in [2.45, 2.75) is 19.4 Å². The van der Waals surface area contributed by atoms with Gasteiger partial charge in [0.25, 0.3) is 0 Å². The number of alkyl carbamates (subject to hydrolysis) is 1. The Hall–Kier alpha value is -1.77. The fourth-order valence-electron chi connectivity index (χ4n) is 0.993. The molecule has 1 aliphatic rings. The number of nitrogens with one attached hydrogen (secondary N) is 1. The second-order valence-corrected chi connectivity index (χ2v) is 3.66. The maximum absolute atomic E-state index is 10.3. The topological polar surface area (TPSA) is 38.3 Å². The molecule has 88 valence electrons. The highest BCUT2D eigenvalue weighted by atomic mass is 16.6. The minimum atomic E-state index is -0.310. The highest BCUT2D eigenvalue weighted by Gasteiger charge is 2.29. The van der Waals surface area contributed by atoms with Crippen LogP contribution in [0, 0.1) is 0 Å². The average Bonchev–Trinajstić information content (AvgIpc) is 2.63. The van der Waals surface area contributed by atoms with Crippen molar-refractivity contribution in [3.8, 4) is 0 Å². The van der Waals surface area contributed by atoms with Crippen molar-refractivity contribution < 1.29 is 9.53 Å². The Bertz CT molecular complexity index is 269. The average molecular weight is 221 g/mol. The van der Waals surface area contributed by atoms with Gasteiger partial charge in [0.05, 0.1) is 6.54 Å². The molecular weight excluding hydrogens is 202 g/mol. The predicted molar refractivity (Wildman–Crippen MR) is 66.3 cm³/mol. The van der Waals surface area contributed by atoms with Crippen molar-refractivity contribution in [3.05, 3.63) is 49.6 Å². The van der Waals surface area contributed by atoms with Gasteiger partial charge in [-0.3, -0.25) is 0 Å². The van der Waals surface area contributed by atoms with Crippen LogP contribution in [0.4, 0.5) is 4.79 Å². The molecule has 1 heterocycles. The normalized spacial score (nSPS) is 15.5. The van der Waals surface area contributed by atoms with E-state index in [0.717, 1.165) is 0 Å². The molecule has 2 rings (SSSR count). The maximum Gasteiger partial charge on any atom is 0.407 e. The Morgan fingerprint density at radius 1 is 1.12 bits per heavy atom. The number of rotatable bonds is 0. The quantitative estimate of drug-likeness (QED) is 0.684. The molecule has 0 aromatic heterocycles. The van der Waals surface area contributed by atoms with Crippen LogP contribution in [0.25, 0.3) is 0 Å². The van der Waals surface area contributed by atoms with E-state index in [1.165, 1.54) is 0 Å². The first-order chi connectivity index (χ1) is 7.60. The summed E-state index contributed by atoms with van der Waals surface area (Å²) < 4.78 is 4.80. The number of amides is 1. The maximum atomic E-state index is 10.3. The lowest BCUT2D eigenvalue weighted by Crippen LogP contribution is -2.23. The predicted octanol–water partition coefficient (Wildman–Crippen LogP) is 2.99. The third-order valence-electron chi connectivity index (χ3n) is 1.69. The van der Waals surface area contributed by atoms with Gasteiger partial charge in [0.2, 0.25) is 0 Å². The van der Waals surface area contributed by atoms with E-state index >= 15 is 0 Å². The van der Waals surface area contributed by atoms with Crippen molar-refractivity contribution in [3.63, 3.8) is 0 Å². The zero-order valence-electron chi connectivity index (χ0n) is 9.90. The Kier molecular flexibility index (Phi) is 6.68. The number of cyclic esters (lactones) is 1. The summed E-state index contributed by atoms with van der Waals surface area (Å²) in [6.45, 7) is 10.3. The Morgan fingerprint density at radius 2 is 1.50 bits per heavy atom. The first-order valence-corrected chi connectivity index (χ1v) is 5.07. The Balaban J connectivity index is 0.000000251. The van der Waals surface area contributed by atoms with Crippen LogP contribution in [0.2, 0.25) is 0 Å². The van der Waals surface area contributed by atoms with Crippen LogP contribution < -0.4 is 5.32 Å². The van der Waals surface area contributed by atoms with E-state index < -0.39 is 0 Å². The highest BCUT2D eigenvalue weighted by molar-refractivity contribution is 5.69. The van der Waals surface area contributed by atoms with Gasteiger partial charge in [-0.15, -0.1) is 13.2 Å². The van der Waals surface area contributed by atoms with Crippen molar-refractivity contribution in [1.29, 1.82) is 0 Å². The SMILES string of the molecule is C=C.CC1(C)CNC(=O)O1.c1ccccc1. The Morgan fingerprint density at radius 3 is 1.62 bits per heavy atom. The van der Waals surface area contributed by atoms with E-state index in [4.69, 9.17) is 4.74 Å². The second kappa shape index (κ2) is 7.51. The molecule has 16 heavy (non-hydrogen) atoms. The molecule has 0 saturated carbocycles. The van der Waals surface area contributed by atoms with Crippen molar-refractivity contribution in [2.24, 2.45) is 0 Å². The molecule has 1 amide bonds. The summed E-state index contributed by atoms with van der Waals surface area (Å²) in [5.74, 6) is 0. The fourth-order valence-corrected chi connectivity index (χ4v) is 0.993. The zero-order valence-corrected chi connectivity index (χ0v) is 9.90. The summed E-state index contributed by atoms with van der Waals surface area (Å²) >= 11 is 0. The molecule has 0 unspecified atom stereocenters. The van der Waals surface area contributed by atoms with Gasteiger partial charge < -0.3 is 10.1 Å². The summed E-state index contributed by atoms with van der Waals surface area (Å²) in [6.07, 6.45) is -0.310. The summed E-state index contributed by atoms with van der Waals surface area (Å²) in [5, 5.41) is 2.55. The van der Waals surface area contributed by atoms with Crippen LogP contribution in [0.3, 0.4) is 0 Å². The molecule has 0 spiro atoms. The number of hydrogen-bond acceptors (Lipinski definition) is 2. The molecule has 0 radical (unpaired) electrons. The van der Waals surface area contributed by atoms with E-state index in [1.54, 1.807) is 0 Å². The van der Waals surface area contributed by atoms with Gasteiger partial charge >= 0.3 is 6.09 Å². The molecule has 3 heteroatoms. The lowest BCUT2D eigenvalue weighted by Gasteiger charge is -2.11. The lowest BCUT2D eigenvalue weighted by atomic mass is 10.1. The first-order valence-electron chi connectivity index (χ1n) is 5.07. The number of carbonyl (C=O) groups excluding carboxylic acids is 1. The molecule has 1 aliphatic heterocycles. The molecule has 1 N–H and O–H groups in total. The van der Waals surface area contributed by atoms with Crippen LogP contribution in [0.5, 0.6) is 0 Å². The zero-order chi connectivity index (χ0) is 12.4. The molecule has 0 aliphatic carbocycles. The van der Waals surface area contributed by atoms with Crippen molar-refractivity contribution in [1.82, 2.24) is 5.32 Å². The van der Waals surface area contributed by atoms with Gasteiger partial charge in [0.15, 0.2) is 0 Å². The van der Waals surface area contributed by atoms with E-state index in [9.17, 15) is 4.79 Å². The van der Waals surface area contributed by atoms with Crippen LogP contribution >= 0.6 is 0 Å². The number of ether oxygens (including phenoxy) is 1. The van der Waals surface area contributed by atoms with Gasteiger partial charge in [0, 0.05) is 0 Å². The minimum Gasteiger partial charge on any atom is -0.442 e. The van der Waals surface area contributed by atoms with Gasteiger partial charge in [0.1, 0.15) is 5.60 Å². The monoisotopic (exact) mass is 221 g/mol. The molecule has 1 aromatic rings. The molecule has 3 nitrogen and oxygen atoms in total. The van der Waals surface area contributed by atoms with Crippen LogP contribution in [-0.4, -0.2) is 18.2 Å². The van der Waals surface area contributed by atoms with Crippen molar-refractivity contribution in [2.75, 3.05) is 6.54 Å². The molecule has 1 fully saturated rings. The minimum absolute atomic E-state index is 0.295. The lowest BCUT2D eigenvalue weighted by molar-refractivity contribution is 0.0869. The standard InChI is InChI=1S/C6H6.C5H9NO2.C2H4/c1-2-4-6-5-3-1;1-5(2)3-6-4(7)8-5;1-2/h1-6H;3H2,1-2H3,(H,6,7);1-2H2. The highest BCUT2D eigenvalue weighted by Crippen LogP contribution is 2.12. The number of benzene rings is 1. The smallest absolute Gasteiger partial charge is 0.407 e. The van der Waals surface area contributed by atoms with Crippen LogP contribution in [0.1, 0.15) is 13.8 Å². The largest absolute Gasteiger partial charge is 0.442 e. The van der Waals surface area contributed by atoms with Gasteiger partial charge in [-0.05, 0) is 13.8 Å². The first kappa shape index (κ1) is 14.2. The summed E-state index contributed by atoms with van der Waals surface area (Å²) in [5.41, 5.74) is -0.295. The third kappa shape index (κ3) is 6.65. The second-order valence-electron chi connectivity index (χ2n) is 3.66. The van der Waals surface area contributed by atoms with E-state index in [0.29, 0.717) is 6.54 Å². The molecule has 0 atom stereocenters. The molecule has 1 aromatic carbocycles. The van der Waals surface area contributed by atoms with E-state index in [1.807, 2.05) is 50.2 Å². The van der Waals surface area contributed by atoms with E-state index in [2.05, 4.69) is 18.5 Å². The van der Waals surface area contributed by atoms with Crippen LogP contribution in [0.15, 0.2) is 49.6 Å². The Labute approximate surface area is 97.1 Å². The van der Waals surface area contributed by atoms with Gasteiger partial charge in [-0.1, -0.05) is 36.4 Å². The molecular formula is C13H19NO2. The van der Waals surface area contributed by atoms with Gasteiger partial charge in [-0.25, -0.2) is 4.79 Å². The van der Waals surface area contributed by atoms with Crippen LogP contribution in [-0.2, 0) is 4.74 Å². The van der Waals surface area contributed by atoms with Crippen molar-refractivity contribution >= 4 is 6.09 Å². The fraction of sp³-hybridized carbons (Fsp3) is 0.308. The summed E-state index contributed by atoms with van der Waals surface area (Å²) in [7, 11) is 0. The van der Waals surface area contributed by atoms with E-state index in [-0.39, 0.29) is 11.7 Å². The molecule has 0 bridgehead atoms. The number of hydrogen-bond donors (Lipinski definition) is 1. The van der Waals surface area contributed by atoms with Gasteiger partial charge in [-0.2, -0.15) is 0 Å².